The maximum atomic E-state index is 15.0. The molecule has 0 spiro atoms. The molecule has 2 bridgehead atoms. The first-order valence-electron chi connectivity index (χ1n) is 23.3. The number of ether oxygens (including phenoxy) is 7. The van der Waals surface area contributed by atoms with Crippen LogP contribution in [0.3, 0.4) is 0 Å². The second-order valence-electron chi connectivity index (χ2n) is 19.4. The highest BCUT2D eigenvalue weighted by Crippen LogP contribution is 2.62. The Hall–Kier alpha value is -5.30. The number of imide groups is 1. The highest BCUT2D eigenvalue weighted by Gasteiger charge is 2.79. The molecule has 24 heteroatoms. The molecule has 0 aliphatic carbocycles. The van der Waals surface area contributed by atoms with Crippen molar-refractivity contribution >= 4 is 112 Å². The number of anilines is 1. The standard InChI is InChI=1S/C50H58Br2N2O18S2/c1-28-22-37(55)71-35-23-30(14-15-32(28)35)53-46(62)69-29(2)50-36(70-31-12-10-9-11-13-31)26-49(72-50,27-68-45(61)48(5,6)25-34(52)43(59)66-19-21-74(8)64)38-39(50)41(57)54(40(38)56)16-17-67-44(60)47(3,4)24-33(51)42(58)65-18-20-73(7)63/h9-15,22-23,26,29,33-34,38-39H,16-21,24-25,27H2,1-8H3,(H,53,62)/t29?,33?,34?,38-,39+,49-,50-,73?,74?/m0/s1. The van der Waals surface area contributed by atoms with Crippen LogP contribution in [0.5, 0.6) is 5.75 Å². The van der Waals surface area contributed by atoms with Gasteiger partial charge in [0.15, 0.2) is 5.60 Å². The molecule has 2 saturated heterocycles. The number of para-hydroxylation sites is 1. The van der Waals surface area contributed by atoms with E-state index in [0.717, 1.165) is 4.90 Å². The fraction of sp³-hybridized carbons (Fsp3) is 0.520. The van der Waals surface area contributed by atoms with E-state index in [2.05, 4.69) is 37.2 Å². The minimum absolute atomic E-state index is 0.0539. The molecule has 1 aromatic heterocycles. The van der Waals surface area contributed by atoms with Gasteiger partial charge in [0.2, 0.25) is 11.8 Å². The van der Waals surface area contributed by atoms with Gasteiger partial charge in [-0.25, -0.2) is 9.59 Å². The third-order valence-corrected chi connectivity index (χ3v) is 15.6. The van der Waals surface area contributed by atoms with Gasteiger partial charge in [-0.2, -0.15) is 0 Å². The van der Waals surface area contributed by atoms with E-state index < -0.39 is 138 Å². The van der Waals surface area contributed by atoms with E-state index in [1.54, 1.807) is 49.4 Å². The predicted molar refractivity (Wildman–Crippen MR) is 276 cm³/mol. The molecule has 2 aromatic carbocycles. The average Bonchev–Trinajstić information content (AvgIpc) is 3.90. The molecule has 9 atom stereocenters. The third kappa shape index (κ3) is 13.0. The molecule has 3 aliphatic heterocycles. The van der Waals surface area contributed by atoms with E-state index in [0.29, 0.717) is 10.9 Å². The second-order valence-corrected chi connectivity index (χ2v) is 24.7. The Morgan fingerprint density at radius 2 is 1.35 bits per heavy atom. The van der Waals surface area contributed by atoms with Crippen molar-refractivity contribution in [1.82, 2.24) is 4.90 Å². The number of alkyl halides is 2. The average molecular weight is 1200 g/mol. The number of hydrogen-bond donors (Lipinski definition) is 1. The first kappa shape index (κ1) is 58.0. The van der Waals surface area contributed by atoms with Crippen molar-refractivity contribution in [2.75, 3.05) is 62.3 Å². The number of hydrogen-bond acceptors (Lipinski definition) is 18. The summed E-state index contributed by atoms with van der Waals surface area (Å²) >= 11 is 6.54. The summed E-state index contributed by atoms with van der Waals surface area (Å²) in [4.78, 5) is 108. The van der Waals surface area contributed by atoms with Crippen LogP contribution in [0.2, 0.25) is 0 Å². The molecule has 3 aliphatic rings. The largest absolute Gasteiger partial charge is 0.464 e. The van der Waals surface area contributed by atoms with E-state index in [9.17, 15) is 46.8 Å². The van der Waals surface area contributed by atoms with Crippen molar-refractivity contribution < 1.29 is 79.6 Å². The Balaban J connectivity index is 1.29. The number of fused-ring (bicyclic) bond motifs is 6. The zero-order valence-corrected chi connectivity index (χ0v) is 46.7. The molecule has 2 fully saturated rings. The molecule has 74 heavy (non-hydrogen) atoms. The van der Waals surface area contributed by atoms with Gasteiger partial charge in [0.05, 0.1) is 40.7 Å². The number of nitrogens with zero attached hydrogens (tertiary/aromatic N) is 1. The fourth-order valence-electron chi connectivity index (χ4n) is 8.92. The van der Waals surface area contributed by atoms with Crippen LogP contribution in [0.25, 0.3) is 11.0 Å². The Labute approximate surface area is 448 Å². The van der Waals surface area contributed by atoms with Gasteiger partial charge < -0.3 is 37.6 Å². The molecule has 0 radical (unpaired) electrons. The number of amides is 3. The quantitative estimate of drug-likeness (QED) is 0.0386. The lowest BCUT2D eigenvalue weighted by Crippen LogP contribution is -2.53. The van der Waals surface area contributed by atoms with Gasteiger partial charge in [0.1, 0.15) is 64.9 Å². The molecular formula is C50H58Br2N2O18S2. The van der Waals surface area contributed by atoms with Gasteiger partial charge in [-0.3, -0.25) is 47.4 Å². The number of carbonyl (C=O) groups is 7. The lowest BCUT2D eigenvalue weighted by Gasteiger charge is -2.37. The minimum atomic E-state index is -2.08. The van der Waals surface area contributed by atoms with Crippen molar-refractivity contribution in [2.45, 2.75) is 81.3 Å². The maximum absolute atomic E-state index is 15.0. The smallest absolute Gasteiger partial charge is 0.412 e. The van der Waals surface area contributed by atoms with Crippen LogP contribution < -0.4 is 15.7 Å². The van der Waals surface area contributed by atoms with Crippen LogP contribution in [0.1, 0.15) is 53.0 Å². The fourth-order valence-corrected chi connectivity index (χ4v) is 11.4. The first-order valence-corrected chi connectivity index (χ1v) is 28.6. The Kier molecular flexibility index (Phi) is 18.6. The van der Waals surface area contributed by atoms with Gasteiger partial charge in [-0.15, -0.1) is 0 Å². The van der Waals surface area contributed by atoms with Crippen LogP contribution in [0.4, 0.5) is 10.5 Å². The van der Waals surface area contributed by atoms with Crippen molar-refractivity contribution in [3.63, 3.8) is 0 Å². The summed E-state index contributed by atoms with van der Waals surface area (Å²) < 4.78 is 69.5. The Morgan fingerprint density at radius 1 is 0.784 bits per heavy atom. The van der Waals surface area contributed by atoms with Crippen molar-refractivity contribution in [1.29, 1.82) is 0 Å². The van der Waals surface area contributed by atoms with Crippen LogP contribution in [0, 0.1) is 29.6 Å². The first-order chi connectivity index (χ1) is 34.7. The number of carbonyl (C=O) groups excluding carboxylic acids is 7. The highest BCUT2D eigenvalue weighted by molar-refractivity contribution is 9.10. The third-order valence-electron chi connectivity index (χ3n) is 12.8. The van der Waals surface area contributed by atoms with E-state index in [1.807, 2.05) is 0 Å². The molecule has 20 nitrogen and oxygen atoms in total. The molecule has 1 N–H and O–H groups in total. The van der Waals surface area contributed by atoms with Gasteiger partial charge in [0.25, 0.3) is 0 Å². The zero-order valence-electron chi connectivity index (χ0n) is 41.9. The van der Waals surface area contributed by atoms with E-state index in [1.165, 1.54) is 65.3 Å². The van der Waals surface area contributed by atoms with Crippen molar-refractivity contribution in [2.24, 2.45) is 22.7 Å². The van der Waals surface area contributed by atoms with E-state index in [4.69, 9.17) is 37.6 Å². The predicted octanol–water partition coefficient (Wildman–Crippen LogP) is 5.41. The number of likely N-dealkylation sites (tertiary alicyclic amines) is 1. The van der Waals surface area contributed by atoms with Gasteiger partial charge in [0, 0.05) is 57.3 Å². The Bertz CT molecular complexity index is 2820. The van der Waals surface area contributed by atoms with Crippen LogP contribution >= 0.6 is 31.9 Å². The number of halogens is 2. The molecular weight excluding hydrogens is 1140 g/mol. The highest BCUT2D eigenvalue weighted by atomic mass is 79.9. The van der Waals surface area contributed by atoms with Crippen LogP contribution in [-0.2, 0) is 78.8 Å². The summed E-state index contributed by atoms with van der Waals surface area (Å²) in [5, 5.41) is 3.24. The van der Waals surface area contributed by atoms with Gasteiger partial charge >= 0.3 is 35.6 Å². The molecule has 4 heterocycles. The number of rotatable bonds is 24. The molecule has 402 valence electrons. The van der Waals surface area contributed by atoms with E-state index in [-0.39, 0.29) is 60.3 Å². The zero-order chi connectivity index (χ0) is 54.5. The topological polar surface area (TPSA) is 264 Å². The maximum Gasteiger partial charge on any atom is 0.412 e. The van der Waals surface area contributed by atoms with E-state index >= 15 is 0 Å². The van der Waals surface area contributed by atoms with Crippen LogP contribution in [-0.4, -0.2) is 139 Å². The van der Waals surface area contributed by atoms with Gasteiger partial charge in [-0.1, -0.05) is 50.1 Å². The number of benzene rings is 2. The summed E-state index contributed by atoms with van der Waals surface area (Å²) in [6.45, 7) is 7.53. The lowest BCUT2D eigenvalue weighted by molar-refractivity contribution is -0.176. The Morgan fingerprint density at radius 3 is 1.93 bits per heavy atom. The normalized spacial score (nSPS) is 22.2. The number of esters is 4. The molecule has 0 saturated carbocycles. The summed E-state index contributed by atoms with van der Waals surface area (Å²) in [5.74, 6) is -7.01. The van der Waals surface area contributed by atoms with Crippen LogP contribution in [0.15, 0.2) is 75.6 Å². The molecule has 3 aromatic rings. The van der Waals surface area contributed by atoms with Gasteiger partial charge in [-0.05, 0) is 90.3 Å². The second kappa shape index (κ2) is 23.7. The van der Waals surface area contributed by atoms with Crippen molar-refractivity contribution in [3.05, 3.63) is 82.4 Å². The monoisotopic (exact) mass is 1200 g/mol. The molecule has 5 unspecified atom stereocenters. The number of aryl methyl sites for hydroxylation is 1. The molecule has 6 rings (SSSR count). The number of nitrogens with one attached hydrogen (secondary N) is 1. The molecule has 3 amide bonds. The summed E-state index contributed by atoms with van der Waals surface area (Å²) in [6, 6.07) is 14.3. The summed E-state index contributed by atoms with van der Waals surface area (Å²) in [7, 11) is -2.39. The summed E-state index contributed by atoms with van der Waals surface area (Å²) in [6.07, 6.45) is 1.70. The summed E-state index contributed by atoms with van der Waals surface area (Å²) in [5.41, 5.74) is -6.25. The SMILES string of the molecule is Cc1cc(=O)oc2cc(NC(=O)OC(C)[C@]34O[C@](COC(=O)C(C)(C)CC(Br)C(=O)OCCS(C)=O)(C=C3Oc3ccccc3)[C@@H]3C(=O)N(CCOC(=O)C(C)(C)CC(Br)C(=O)OCCS(C)=O)C(=O)[C@@H]34)ccc12. The minimum Gasteiger partial charge on any atom is -0.464 e. The van der Waals surface area contributed by atoms with Crippen molar-refractivity contribution in [3.8, 4) is 5.75 Å². The lowest BCUT2D eigenvalue weighted by atomic mass is 9.69.